The second-order valence-electron chi connectivity index (χ2n) is 4.91. The van der Waals surface area contributed by atoms with Crippen LogP contribution in [0.15, 0.2) is 35.5 Å². The molecule has 3 rings (SSSR count). The van der Waals surface area contributed by atoms with Crippen LogP contribution in [-0.4, -0.2) is 35.8 Å². The Morgan fingerprint density at radius 2 is 2.00 bits per heavy atom. The fourth-order valence-electron chi connectivity index (χ4n) is 2.57. The van der Waals surface area contributed by atoms with Gasteiger partial charge in [0.05, 0.1) is 18.4 Å². The number of rotatable bonds is 1. The summed E-state index contributed by atoms with van der Waals surface area (Å²) >= 11 is 0. The average Bonchev–Trinajstić information content (AvgIpc) is 2.46. The molecule has 0 amide bonds. The Hall–Kier alpha value is -1.43. The summed E-state index contributed by atoms with van der Waals surface area (Å²) in [6.07, 6.45) is -0.363. The van der Waals surface area contributed by atoms with Crippen LogP contribution in [0, 0.1) is 0 Å². The molecular formula is C14H17NO4. The van der Waals surface area contributed by atoms with Gasteiger partial charge in [-0.15, -0.1) is 0 Å². The molecule has 1 aromatic carbocycles. The zero-order chi connectivity index (χ0) is 13.2. The Bertz CT molecular complexity index is 462. The smallest absolute Gasteiger partial charge is 0.184 e. The van der Waals surface area contributed by atoms with Gasteiger partial charge in [-0.05, 0) is 6.92 Å². The van der Waals surface area contributed by atoms with Crippen molar-refractivity contribution in [2.24, 2.45) is 5.16 Å². The van der Waals surface area contributed by atoms with E-state index in [1.54, 1.807) is 0 Å². The van der Waals surface area contributed by atoms with E-state index in [2.05, 4.69) is 5.16 Å². The van der Waals surface area contributed by atoms with Gasteiger partial charge in [-0.25, -0.2) is 0 Å². The minimum absolute atomic E-state index is 0.0209. The highest BCUT2D eigenvalue weighted by molar-refractivity contribution is 5.90. The molecule has 2 heterocycles. The van der Waals surface area contributed by atoms with E-state index in [0.29, 0.717) is 18.7 Å². The van der Waals surface area contributed by atoms with Gasteiger partial charge in [0, 0.05) is 12.0 Å². The van der Waals surface area contributed by atoms with Gasteiger partial charge >= 0.3 is 0 Å². The second-order valence-corrected chi connectivity index (χ2v) is 4.91. The average molecular weight is 263 g/mol. The van der Waals surface area contributed by atoms with Crippen molar-refractivity contribution in [2.75, 3.05) is 6.61 Å². The molecule has 0 saturated carbocycles. The van der Waals surface area contributed by atoms with E-state index in [9.17, 15) is 0 Å². The van der Waals surface area contributed by atoms with Gasteiger partial charge in [0.15, 0.2) is 6.29 Å². The minimum atomic E-state index is -0.434. The lowest BCUT2D eigenvalue weighted by Gasteiger charge is -2.41. The molecule has 2 aliphatic rings. The van der Waals surface area contributed by atoms with Crippen molar-refractivity contribution >= 4 is 5.71 Å². The van der Waals surface area contributed by atoms with E-state index < -0.39 is 6.29 Å². The SMILES string of the molecule is C[C@H]1C/C(=N/O)[C@@H]2O[C@@H](c3ccccc3)OC[C@@H]2O1. The molecule has 0 spiro atoms. The molecule has 0 bridgehead atoms. The highest BCUT2D eigenvalue weighted by Gasteiger charge is 2.41. The third-order valence-electron chi connectivity index (χ3n) is 3.45. The Balaban J connectivity index is 1.78. The number of fused-ring (bicyclic) bond motifs is 1. The first-order valence-electron chi connectivity index (χ1n) is 6.46. The van der Waals surface area contributed by atoms with Crippen molar-refractivity contribution in [1.29, 1.82) is 0 Å². The molecule has 5 heteroatoms. The molecule has 0 aromatic heterocycles. The lowest BCUT2D eigenvalue weighted by atomic mass is 9.98. The quantitative estimate of drug-likeness (QED) is 0.622. The fraction of sp³-hybridized carbons (Fsp3) is 0.500. The summed E-state index contributed by atoms with van der Waals surface area (Å²) in [5.74, 6) is 0. The van der Waals surface area contributed by atoms with Crippen LogP contribution in [0.5, 0.6) is 0 Å². The minimum Gasteiger partial charge on any atom is -0.411 e. The Kier molecular flexibility index (Phi) is 3.50. The van der Waals surface area contributed by atoms with Crippen LogP contribution in [0.2, 0.25) is 0 Å². The van der Waals surface area contributed by atoms with Gasteiger partial charge in [-0.2, -0.15) is 0 Å². The van der Waals surface area contributed by atoms with Gasteiger partial charge in [0.2, 0.25) is 0 Å². The van der Waals surface area contributed by atoms with Crippen LogP contribution < -0.4 is 0 Å². The van der Waals surface area contributed by atoms with Gasteiger partial charge < -0.3 is 19.4 Å². The molecule has 0 radical (unpaired) electrons. The normalized spacial score (nSPS) is 37.0. The molecular weight excluding hydrogens is 246 g/mol. The molecule has 1 aromatic rings. The summed E-state index contributed by atoms with van der Waals surface area (Å²) in [6.45, 7) is 2.39. The van der Waals surface area contributed by atoms with Crippen molar-refractivity contribution in [2.45, 2.75) is 37.9 Å². The zero-order valence-corrected chi connectivity index (χ0v) is 10.7. The number of nitrogens with zero attached hydrogens (tertiary/aromatic N) is 1. The highest BCUT2D eigenvalue weighted by Crippen LogP contribution is 2.32. The van der Waals surface area contributed by atoms with E-state index in [0.717, 1.165) is 5.56 Å². The molecule has 102 valence electrons. The fourth-order valence-corrected chi connectivity index (χ4v) is 2.57. The highest BCUT2D eigenvalue weighted by atomic mass is 16.7. The summed E-state index contributed by atoms with van der Waals surface area (Å²) in [7, 11) is 0. The van der Waals surface area contributed by atoms with Crippen molar-refractivity contribution < 1.29 is 19.4 Å². The standard InChI is InChI=1S/C14H17NO4/c1-9-7-11(15-16)13-12(18-9)8-17-14(19-13)10-5-3-2-4-6-10/h2-6,9,12-14,16H,7-8H2,1H3/b15-11-/t9-,12-,13-,14-/m0/s1. The molecule has 4 atom stereocenters. The van der Waals surface area contributed by atoms with Crippen LogP contribution in [0.3, 0.4) is 0 Å². The summed E-state index contributed by atoms with van der Waals surface area (Å²) < 4.78 is 17.3. The van der Waals surface area contributed by atoms with Crippen LogP contribution in [-0.2, 0) is 14.2 Å². The van der Waals surface area contributed by atoms with E-state index in [4.69, 9.17) is 19.4 Å². The van der Waals surface area contributed by atoms with Crippen molar-refractivity contribution in [3.63, 3.8) is 0 Å². The first kappa shape index (κ1) is 12.6. The van der Waals surface area contributed by atoms with Crippen LogP contribution >= 0.6 is 0 Å². The summed E-state index contributed by atoms with van der Waals surface area (Å²) in [5.41, 5.74) is 1.59. The lowest BCUT2D eigenvalue weighted by Crippen LogP contribution is -2.52. The largest absolute Gasteiger partial charge is 0.411 e. The third kappa shape index (κ3) is 2.49. The number of oxime groups is 1. The first-order valence-corrected chi connectivity index (χ1v) is 6.46. The van der Waals surface area contributed by atoms with Crippen LogP contribution in [0.1, 0.15) is 25.2 Å². The van der Waals surface area contributed by atoms with E-state index in [-0.39, 0.29) is 18.3 Å². The summed E-state index contributed by atoms with van der Waals surface area (Å²) in [6, 6.07) is 9.73. The number of benzene rings is 1. The van der Waals surface area contributed by atoms with E-state index >= 15 is 0 Å². The third-order valence-corrected chi connectivity index (χ3v) is 3.45. The predicted octanol–water partition coefficient (Wildman–Crippen LogP) is 2.11. The van der Waals surface area contributed by atoms with Crippen LogP contribution in [0.25, 0.3) is 0 Å². The van der Waals surface area contributed by atoms with E-state index in [1.165, 1.54) is 0 Å². The van der Waals surface area contributed by atoms with Gasteiger partial charge in [-0.1, -0.05) is 35.5 Å². The zero-order valence-electron chi connectivity index (χ0n) is 10.7. The number of hydrogen-bond donors (Lipinski definition) is 1. The summed E-state index contributed by atoms with van der Waals surface area (Å²) in [5, 5.41) is 12.5. The summed E-state index contributed by atoms with van der Waals surface area (Å²) in [4.78, 5) is 0. The van der Waals surface area contributed by atoms with Crippen molar-refractivity contribution in [3.8, 4) is 0 Å². The lowest BCUT2D eigenvalue weighted by molar-refractivity contribution is -0.261. The molecule has 0 aliphatic carbocycles. The Labute approximate surface area is 111 Å². The molecule has 2 saturated heterocycles. The molecule has 19 heavy (non-hydrogen) atoms. The molecule has 5 nitrogen and oxygen atoms in total. The topological polar surface area (TPSA) is 60.3 Å². The van der Waals surface area contributed by atoms with Crippen molar-refractivity contribution in [1.82, 2.24) is 0 Å². The maximum absolute atomic E-state index is 9.12. The second kappa shape index (κ2) is 5.28. The monoisotopic (exact) mass is 263 g/mol. The molecule has 2 aliphatic heterocycles. The molecule has 0 unspecified atom stereocenters. The van der Waals surface area contributed by atoms with Gasteiger partial charge in [0.1, 0.15) is 12.2 Å². The first-order chi connectivity index (χ1) is 9.28. The van der Waals surface area contributed by atoms with E-state index in [1.807, 2.05) is 37.3 Å². The van der Waals surface area contributed by atoms with Gasteiger partial charge in [0.25, 0.3) is 0 Å². The van der Waals surface area contributed by atoms with Crippen LogP contribution in [0.4, 0.5) is 0 Å². The maximum Gasteiger partial charge on any atom is 0.184 e. The number of hydrogen-bond acceptors (Lipinski definition) is 5. The number of ether oxygens (including phenoxy) is 3. The predicted molar refractivity (Wildman–Crippen MR) is 68.2 cm³/mol. The molecule has 1 N–H and O–H groups in total. The maximum atomic E-state index is 9.12. The molecule has 2 fully saturated rings. The Morgan fingerprint density at radius 1 is 1.21 bits per heavy atom. The van der Waals surface area contributed by atoms with Crippen molar-refractivity contribution in [3.05, 3.63) is 35.9 Å². The van der Waals surface area contributed by atoms with Gasteiger partial charge in [-0.3, -0.25) is 0 Å². The Morgan fingerprint density at radius 3 is 2.74 bits per heavy atom.